The molecule has 3 rings (SSSR count). The van der Waals surface area contributed by atoms with Gasteiger partial charge in [-0.15, -0.1) is 0 Å². The van der Waals surface area contributed by atoms with Crippen LogP contribution in [0.15, 0.2) is 66.9 Å². The number of hydrogen-bond acceptors (Lipinski definition) is 2. The highest BCUT2D eigenvalue weighted by molar-refractivity contribution is 5.57. The number of imidazole rings is 1. The van der Waals surface area contributed by atoms with E-state index in [-0.39, 0.29) is 0 Å². The summed E-state index contributed by atoms with van der Waals surface area (Å²) in [5, 5.41) is 0. The van der Waals surface area contributed by atoms with Crippen LogP contribution in [0.3, 0.4) is 0 Å². The first kappa shape index (κ1) is 13.6. The molecule has 0 radical (unpaired) electrons. The van der Waals surface area contributed by atoms with E-state index in [0.29, 0.717) is 0 Å². The SMILES string of the molecule is CN(Cc1ccccc1)Cc1ncc(-c2ccccc2)[nH]1. The number of aromatic nitrogens is 2. The monoisotopic (exact) mass is 277 g/mol. The Balaban J connectivity index is 1.65. The van der Waals surface area contributed by atoms with Gasteiger partial charge in [-0.25, -0.2) is 4.98 Å². The molecule has 21 heavy (non-hydrogen) atoms. The molecule has 2 aromatic carbocycles. The number of aromatic amines is 1. The molecule has 1 heterocycles. The fourth-order valence-electron chi connectivity index (χ4n) is 2.41. The molecule has 0 saturated heterocycles. The van der Waals surface area contributed by atoms with Crippen molar-refractivity contribution in [3.05, 3.63) is 78.2 Å². The number of nitrogens with one attached hydrogen (secondary N) is 1. The molecule has 106 valence electrons. The van der Waals surface area contributed by atoms with Gasteiger partial charge in [0.25, 0.3) is 0 Å². The van der Waals surface area contributed by atoms with Crippen LogP contribution in [0, 0.1) is 0 Å². The molecule has 3 aromatic rings. The predicted octanol–water partition coefficient (Wildman–Crippen LogP) is 3.71. The molecule has 1 aromatic heterocycles. The fraction of sp³-hybridized carbons (Fsp3) is 0.167. The second kappa shape index (κ2) is 6.37. The number of nitrogens with zero attached hydrogens (tertiary/aromatic N) is 2. The van der Waals surface area contributed by atoms with E-state index in [1.165, 1.54) is 11.1 Å². The first-order valence-electron chi connectivity index (χ1n) is 7.13. The molecule has 0 bridgehead atoms. The first-order valence-corrected chi connectivity index (χ1v) is 7.13. The maximum absolute atomic E-state index is 4.48. The molecule has 0 unspecified atom stereocenters. The fourth-order valence-corrected chi connectivity index (χ4v) is 2.41. The summed E-state index contributed by atoms with van der Waals surface area (Å²) in [7, 11) is 2.11. The summed E-state index contributed by atoms with van der Waals surface area (Å²) in [6.45, 7) is 1.73. The van der Waals surface area contributed by atoms with Crippen LogP contribution < -0.4 is 0 Å². The third-order valence-electron chi connectivity index (χ3n) is 3.43. The van der Waals surface area contributed by atoms with Crippen LogP contribution in [-0.4, -0.2) is 21.9 Å². The second-order valence-electron chi connectivity index (χ2n) is 5.27. The lowest BCUT2D eigenvalue weighted by molar-refractivity contribution is 0.311. The molecule has 0 saturated carbocycles. The lowest BCUT2D eigenvalue weighted by Crippen LogP contribution is -2.17. The van der Waals surface area contributed by atoms with E-state index in [4.69, 9.17) is 0 Å². The highest BCUT2D eigenvalue weighted by atomic mass is 15.1. The summed E-state index contributed by atoms with van der Waals surface area (Å²) in [5.74, 6) is 0.993. The Morgan fingerprint density at radius 2 is 1.57 bits per heavy atom. The van der Waals surface area contributed by atoms with E-state index in [0.717, 1.165) is 24.6 Å². The maximum Gasteiger partial charge on any atom is 0.120 e. The molecule has 0 atom stereocenters. The number of H-pyrrole nitrogens is 1. The number of hydrogen-bond donors (Lipinski definition) is 1. The summed E-state index contributed by atoms with van der Waals surface area (Å²) < 4.78 is 0. The van der Waals surface area contributed by atoms with Crippen molar-refractivity contribution in [1.82, 2.24) is 14.9 Å². The Kier molecular flexibility index (Phi) is 4.12. The molecule has 0 aliphatic rings. The van der Waals surface area contributed by atoms with Crippen LogP contribution in [0.4, 0.5) is 0 Å². The van der Waals surface area contributed by atoms with Crippen molar-refractivity contribution < 1.29 is 0 Å². The highest BCUT2D eigenvalue weighted by Crippen LogP contribution is 2.16. The zero-order chi connectivity index (χ0) is 14.5. The van der Waals surface area contributed by atoms with Gasteiger partial charge in [0.05, 0.1) is 18.4 Å². The molecule has 0 aliphatic heterocycles. The van der Waals surface area contributed by atoms with Gasteiger partial charge in [0.15, 0.2) is 0 Å². The average molecular weight is 277 g/mol. The summed E-state index contributed by atoms with van der Waals surface area (Å²) in [4.78, 5) is 10.1. The van der Waals surface area contributed by atoms with Gasteiger partial charge in [0.1, 0.15) is 5.82 Å². The quantitative estimate of drug-likeness (QED) is 0.771. The van der Waals surface area contributed by atoms with Crippen molar-refractivity contribution in [3.8, 4) is 11.3 Å². The topological polar surface area (TPSA) is 31.9 Å². The van der Waals surface area contributed by atoms with Gasteiger partial charge >= 0.3 is 0 Å². The average Bonchev–Trinajstić information content (AvgIpc) is 2.97. The van der Waals surface area contributed by atoms with Crippen molar-refractivity contribution in [2.75, 3.05) is 7.05 Å². The van der Waals surface area contributed by atoms with E-state index in [2.05, 4.69) is 58.3 Å². The van der Waals surface area contributed by atoms with Gasteiger partial charge < -0.3 is 4.98 Å². The Morgan fingerprint density at radius 1 is 0.905 bits per heavy atom. The lowest BCUT2D eigenvalue weighted by atomic mass is 10.2. The van der Waals surface area contributed by atoms with E-state index in [1.54, 1.807) is 0 Å². The minimum atomic E-state index is 0.807. The largest absolute Gasteiger partial charge is 0.341 e. The summed E-state index contributed by atoms with van der Waals surface area (Å²) >= 11 is 0. The van der Waals surface area contributed by atoms with Gasteiger partial charge in [-0.1, -0.05) is 60.7 Å². The van der Waals surface area contributed by atoms with Crippen LogP contribution in [0.25, 0.3) is 11.3 Å². The Bertz CT molecular complexity index is 674. The van der Waals surface area contributed by atoms with Crippen molar-refractivity contribution in [2.24, 2.45) is 0 Å². The molecule has 0 aliphatic carbocycles. The van der Waals surface area contributed by atoms with Gasteiger partial charge in [0, 0.05) is 6.54 Å². The lowest BCUT2D eigenvalue weighted by Gasteiger charge is -2.15. The molecular formula is C18H19N3. The molecule has 1 N–H and O–H groups in total. The van der Waals surface area contributed by atoms with Crippen molar-refractivity contribution >= 4 is 0 Å². The Morgan fingerprint density at radius 3 is 2.29 bits per heavy atom. The molecule has 0 fully saturated rings. The van der Waals surface area contributed by atoms with Gasteiger partial charge in [-0.05, 0) is 18.2 Å². The molecule has 3 nitrogen and oxygen atoms in total. The van der Waals surface area contributed by atoms with E-state index in [1.807, 2.05) is 30.5 Å². The van der Waals surface area contributed by atoms with Gasteiger partial charge in [-0.2, -0.15) is 0 Å². The predicted molar refractivity (Wildman–Crippen MR) is 85.6 cm³/mol. The minimum Gasteiger partial charge on any atom is -0.341 e. The Hall–Kier alpha value is -2.39. The normalized spacial score (nSPS) is 11.0. The smallest absolute Gasteiger partial charge is 0.120 e. The van der Waals surface area contributed by atoms with E-state index in [9.17, 15) is 0 Å². The van der Waals surface area contributed by atoms with Crippen LogP contribution in [0.5, 0.6) is 0 Å². The van der Waals surface area contributed by atoms with Crippen molar-refractivity contribution in [1.29, 1.82) is 0 Å². The van der Waals surface area contributed by atoms with Crippen molar-refractivity contribution in [3.63, 3.8) is 0 Å². The van der Waals surface area contributed by atoms with Crippen molar-refractivity contribution in [2.45, 2.75) is 13.1 Å². The summed E-state index contributed by atoms with van der Waals surface area (Å²) in [6.07, 6.45) is 1.90. The van der Waals surface area contributed by atoms with E-state index < -0.39 is 0 Å². The summed E-state index contributed by atoms with van der Waals surface area (Å²) in [6, 6.07) is 20.8. The van der Waals surface area contributed by atoms with Gasteiger partial charge in [0.2, 0.25) is 0 Å². The third kappa shape index (κ3) is 3.58. The highest BCUT2D eigenvalue weighted by Gasteiger charge is 2.06. The number of rotatable bonds is 5. The van der Waals surface area contributed by atoms with Gasteiger partial charge in [-0.3, -0.25) is 4.90 Å². The Labute approximate surface area is 125 Å². The first-order chi connectivity index (χ1) is 10.3. The minimum absolute atomic E-state index is 0.807. The molecular weight excluding hydrogens is 258 g/mol. The summed E-state index contributed by atoms with van der Waals surface area (Å²) in [5.41, 5.74) is 3.55. The molecule has 0 spiro atoms. The van der Waals surface area contributed by atoms with Crippen LogP contribution in [-0.2, 0) is 13.1 Å². The van der Waals surface area contributed by atoms with Crippen LogP contribution in [0.1, 0.15) is 11.4 Å². The second-order valence-corrected chi connectivity index (χ2v) is 5.27. The van der Waals surface area contributed by atoms with Crippen LogP contribution >= 0.6 is 0 Å². The zero-order valence-electron chi connectivity index (χ0n) is 12.2. The standard InChI is InChI=1S/C18H19N3/c1-21(13-15-8-4-2-5-9-15)14-18-19-12-17(20-18)16-10-6-3-7-11-16/h2-12H,13-14H2,1H3,(H,19,20). The molecule has 0 amide bonds. The van der Waals surface area contributed by atoms with E-state index >= 15 is 0 Å². The zero-order valence-corrected chi connectivity index (χ0v) is 12.2. The third-order valence-corrected chi connectivity index (χ3v) is 3.43. The molecule has 3 heteroatoms. The van der Waals surface area contributed by atoms with Crippen LogP contribution in [0.2, 0.25) is 0 Å². The number of benzene rings is 2. The maximum atomic E-state index is 4.48.